The Kier molecular flexibility index (Phi) is 4.20. The number of piperidine rings is 1. The van der Waals surface area contributed by atoms with Gasteiger partial charge in [-0.3, -0.25) is 9.89 Å². The lowest BCUT2D eigenvalue weighted by atomic mass is 9.98. The van der Waals surface area contributed by atoms with E-state index in [0.717, 1.165) is 12.8 Å². The molecule has 2 N–H and O–H groups in total. The molecule has 1 aromatic heterocycles. The van der Waals surface area contributed by atoms with Gasteiger partial charge in [0.15, 0.2) is 0 Å². The molecule has 116 valence electrons. The fraction of sp³-hybridized carbons (Fsp3) is 0.375. The summed E-state index contributed by atoms with van der Waals surface area (Å²) in [6, 6.07) is 6.29. The molecule has 2 heterocycles. The van der Waals surface area contributed by atoms with Crippen LogP contribution in [0, 0.1) is 11.7 Å². The maximum Gasteiger partial charge on any atom is 0.257 e. The quantitative estimate of drug-likeness (QED) is 0.912. The Balaban J connectivity index is 1.89. The van der Waals surface area contributed by atoms with E-state index in [1.165, 1.54) is 12.3 Å². The number of hydrogen-bond donors (Lipinski definition) is 2. The molecule has 0 bridgehead atoms. The molecule has 0 radical (unpaired) electrons. The van der Waals surface area contributed by atoms with Gasteiger partial charge in [-0.1, -0.05) is 12.1 Å². The van der Waals surface area contributed by atoms with Crippen molar-refractivity contribution in [1.82, 2.24) is 15.1 Å². The second kappa shape index (κ2) is 6.27. The molecule has 1 unspecified atom stereocenters. The lowest BCUT2D eigenvalue weighted by molar-refractivity contribution is 0.0621. The molecule has 1 aliphatic heterocycles. The highest BCUT2D eigenvalue weighted by atomic mass is 19.1. The van der Waals surface area contributed by atoms with Crippen LogP contribution in [0.25, 0.3) is 11.3 Å². The van der Waals surface area contributed by atoms with Gasteiger partial charge in [-0.2, -0.15) is 5.10 Å². The van der Waals surface area contributed by atoms with Crippen LogP contribution in [-0.4, -0.2) is 45.8 Å². The summed E-state index contributed by atoms with van der Waals surface area (Å²) in [5, 5.41) is 15.9. The molecular formula is C16H18FN3O2. The smallest absolute Gasteiger partial charge is 0.257 e. The largest absolute Gasteiger partial charge is 0.396 e. The van der Waals surface area contributed by atoms with Crippen molar-refractivity contribution < 1.29 is 14.3 Å². The van der Waals surface area contributed by atoms with E-state index >= 15 is 0 Å². The molecule has 22 heavy (non-hydrogen) atoms. The summed E-state index contributed by atoms with van der Waals surface area (Å²) in [6.07, 6.45) is 3.22. The second-order valence-corrected chi connectivity index (χ2v) is 5.58. The third kappa shape index (κ3) is 2.74. The number of benzene rings is 1. The zero-order chi connectivity index (χ0) is 15.5. The average molecular weight is 303 g/mol. The molecule has 1 aromatic carbocycles. The Morgan fingerprint density at radius 1 is 1.45 bits per heavy atom. The number of aliphatic hydroxyl groups excluding tert-OH is 1. The minimum Gasteiger partial charge on any atom is -0.396 e. The van der Waals surface area contributed by atoms with Crippen molar-refractivity contribution in [1.29, 1.82) is 0 Å². The fourth-order valence-electron chi connectivity index (χ4n) is 2.89. The Bertz CT molecular complexity index is 671. The molecule has 1 amide bonds. The fourth-order valence-corrected chi connectivity index (χ4v) is 2.89. The summed E-state index contributed by atoms with van der Waals surface area (Å²) < 4.78 is 13.9. The zero-order valence-corrected chi connectivity index (χ0v) is 12.1. The molecule has 0 spiro atoms. The predicted molar refractivity (Wildman–Crippen MR) is 79.7 cm³/mol. The summed E-state index contributed by atoms with van der Waals surface area (Å²) in [6.45, 7) is 1.25. The summed E-state index contributed by atoms with van der Waals surface area (Å²) in [7, 11) is 0. The van der Waals surface area contributed by atoms with E-state index in [0.29, 0.717) is 29.9 Å². The summed E-state index contributed by atoms with van der Waals surface area (Å²) in [5.41, 5.74) is 1.09. The Hall–Kier alpha value is -2.21. The van der Waals surface area contributed by atoms with Gasteiger partial charge in [-0.15, -0.1) is 0 Å². The Morgan fingerprint density at radius 2 is 2.27 bits per heavy atom. The highest BCUT2D eigenvalue weighted by Gasteiger charge is 2.27. The Morgan fingerprint density at radius 3 is 3.05 bits per heavy atom. The molecule has 1 fully saturated rings. The highest BCUT2D eigenvalue weighted by Crippen LogP contribution is 2.26. The molecule has 1 atom stereocenters. The van der Waals surface area contributed by atoms with E-state index < -0.39 is 5.82 Å². The van der Waals surface area contributed by atoms with E-state index in [9.17, 15) is 14.3 Å². The number of nitrogens with one attached hydrogen (secondary N) is 1. The summed E-state index contributed by atoms with van der Waals surface area (Å²) >= 11 is 0. The van der Waals surface area contributed by atoms with Gasteiger partial charge in [0, 0.05) is 25.3 Å². The standard InChI is InChI=1S/C16H18FN3O2/c17-14-6-2-1-5-12(14)15-13(8-18-19-15)16(22)20-7-3-4-11(9-20)10-21/h1-2,5-6,8,11,21H,3-4,7,9-10H2,(H,18,19). The molecule has 1 saturated heterocycles. The normalized spacial score (nSPS) is 18.5. The molecule has 2 aromatic rings. The number of H-pyrrole nitrogens is 1. The SMILES string of the molecule is O=C(c1cn[nH]c1-c1ccccc1F)N1CCCC(CO)C1. The minimum atomic E-state index is -0.396. The van der Waals surface area contributed by atoms with Crippen LogP contribution in [0.2, 0.25) is 0 Å². The van der Waals surface area contributed by atoms with Crippen LogP contribution in [-0.2, 0) is 0 Å². The van der Waals surface area contributed by atoms with E-state index in [2.05, 4.69) is 10.2 Å². The molecule has 6 heteroatoms. The summed E-state index contributed by atoms with van der Waals surface area (Å²) in [5.74, 6) is -0.459. The van der Waals surface area contributed by atoms with Gasteiger partial charge in [0.2, 0.25) is 0 Å². The molecule has 0 saturated carbocycles. The minimum absolute atomic E-state index is 0.0787. The van der Waals surface area contributed by atoms with E-state index in [-0.39, 0.29) is 18.4 Å². The lowest BCUT2D eigenvalue weighted by Crippen LogP contribution is -2.41. The van der Waals surface area contributed by atoms with E-state index in [4.69, 9.17) is 0 Å². The zero-order valence-electron chi connectivity index (χ0n) is 12.1. The van der Waals surface area contributed by atoms with Crippen molar-refractivity contribution >= 4 is 5.91 Å². The molecule has 1 aliphatic rings. The number of aromatic amines is 1. The van der Waals surface area contributed by atoms with Gasteiger partial charge in [0.1, 0.15) is 5.82 Å². The Labute approximate surface area is 127 Å². The number of carbonyl (C=O) groups excluding carboxylic acids is 1. The number of halogens is 1. The van der Waals surface area contributed by atoms with Gasteiger partial charge in [0.05, 0.1) is 17.5 Å². The number of amides is 1. The summed E-state index contributed by atoms with van der Waals surface area (Å²) in [4.78, 5) is 14.4. The van der Waals surface area contributed by atoms with Crippen LogP contribution in [0.5, 0.6) is 0 Å². The maximum absolute atomic E-state index is 13.9. The van der Waals surface area contributed by atoms with Crippen molar-refractivity contribution in [3.63, 3.8) is 0 Å². The number of carbonyl (C=O) groups is 1. The van der Waals surface area contributed by atoms with Crippen LogP contribution >= 0.6 is 0 Å². The van der Waals surface area contributed by atoms with E-state index in [1.54, 1.807) is 23.1 Å². The van der Waals surface area contributed by atoms with Crippen molar-refractivity contribution in [3.8, 4) is 11.3 Å². The molecule has 3 rings (SSSR count). The van der Waals surface area contributed by atoms with E-state index in [1.807, 2.05) is 0 Å². The molecular weight excluding hydrogens is 285 g/mol. The molecule has 0 aliphatic carbocycles. The monoisotopic (exact) mass is 303 g/mol. The van der Waals surface area contributed by atoms with Gasteiger partial charge >= 0.3 is 0 Å². The topological polar surface area (TPSA) is 69.2 Å². The van der Waals surface area contributed by atoms with Crippen molar-refractivity contribution in [2.45, 2.75) is 12.8 Å². The maximum atomic E-state index is 13.9. The first-order chi connectivity index (χ1) is 10.7. The van der Waals surface area contributed by atoms with Crippen LogP contribution in [0.15, 0.2) is 30.5 Å². The number of rotatable bonds is 3. The third-order valence-electron chi connectivity index (χ3n) is 4.08. The number of aliphatic hydroxyl groups is 1. The second-order valence-electron chi connectivity index (χ2n) is 5.58. The number of aromatic nitrogens is 2. The van der Waals surface area contributed by atoms with Crippen LogP contribution in [0.1, 0.15) is 23.2 Å². The first-order valence-corrected chi connectivity index (χ1v) is 7.39. The lowest BCUT2D eigenvalue weighted by Gasteiger charge is -2.31. The molecule has 5 nitrogen and oxygen atoms in total. The first kappa shape index (κ1) is 14.7. The highest BCUT2D eigenvalue weighted by molar-refractivity contribution is 5.99. The number of likely N-dealkylation sites (tertiary alicyclic amines) is 1. The van der Waals surface area contributed by atoms with Crippen molar-refractivity contribution in [3.05, 3.63) is 41.8 Å². The number of hydrogen-bond acceptors (Lipinski definition) is 3. The average Bonchev–Trinajstić information content (AvgIpc) is 3.04. The van der Waals surface area contributed by atoms with Crippen LogP contribution < -0.4 is 0 Å². The van der Waals surface area contributed by atoms with Gasteiger partial charge in [-0.25, -0.2) is 4.39 Å². The first-order valence-electron chi connectivity index (χ1n) is 7.39. The van der Waals surface area contributed by atoms with Crippen molar-refractivity contribution in [2.75, 3.05) is 19.7 Å². The van der Waals surface area contributed by atoms with Gasteiger partial charge in [-0.05, 0) is 30.9 Å². The van der Waals surface area contributed by atoms with Crippen LogP contribution in [0.4, 0.5) is 4.39 Å². The van der Waals surface area contributed by atoms with Gasteiger partial charge < -0.3 is 10.0 Å². The van der Waals surface area contributed by atoms with Crippen molar-refractivity contribution in [2.24, 2.45) is 5.92 Å². The number of nitrogens with zero attached hydrogens (tertiary/aromatic N) is 2. The van der Waals surface area contributed by atoms with Crippen LogP contribution in [0.3, 0.4) is 0 Å². The third-order valence-corrected chi connectivity index (χ3v) is 4.08. The predicted octanol–water partition coefficient (Wildman–Crippen LogP) is 2.06. The van der Waals surface area contributed by atoms with Gasteiger partial charge in [0.25, 0.3) is 5.91 Å².